The lowest BCUT2D eigenvalue weighted by atomic mass is 9.42. The molecule has 10 aliphatic rings. The molecule has 2 unspecified atom stereocenters. The van der Waals surface area contributed by atoms with E-state index in [1.807, 2.05) is 48.5 Å². The predicted molar refractivity (Wildman–Crippen MR) is 235 cm³/mol. The van der Waals surface area contributed by atoms with Crippen molar-refractivity contribution in [2.75, 3.05) is 56.9 Å². The van der Waals surface area contributed by atoms with Gasteiger partial charge in [-0.2, -0.15) is 0 Å². The molecule has 67 heavy (non-hydrogen) atoms. The molecule has 8 fully saturated rings. The fraction of sp³-hybridized carbons (Fsp3) is 0.547. The highest BCUT2D eigenvalue weighted by Gasteiger charge is 2.97. The van der Waals surface area contributed by atoms with Gasteiger partial charge in [0.15, 0.2) is 22.4 Å². The van der Waals surface area contributed by atoms with E-state index in [1.165, 1.54) is 28.4 Å². The van der Waals surface area contributed by atoms with E-state index < -0.39 is 105 Å². The average molecular weight is 913 g/mol. The summed E-state index contributed by atoms with van der Waals surface area (Å²) in [6.07, 6.45) is 1.77. The highest BCUT2D eigenvalue weighted by atomic mass is 16.6. The third-order valence-corrected chi connectivity index (χ3v) is 20.0. The Bertz CT molecular complexity index is 2600. The number of hydrogen-bond donors (Lipinski definition) is 0. The molecular formula is C53H52O14. The summed E-state index contributed by atoms with van der Waals surface area (Å²) in [5.74, 6) is -5.88. The molecule has 14 heteroatoms. The monoisotopic (exact) mass is 912 g/mol. The molecule has 14 rings (SSSR count). The summed E-state index contributed by atoms with van der Waals surface area (Å²) in [5, 5.41) is 3.56. The van der Waals surface area contributed by atoms with Crippen LogP contribution in [0.3, 0.4) is 0 Å². The van der Waals surface area contributed by atoms with Gasteiger partial charge in [-0.15, -0.1) is 0 Å². The van der Waals surface area contributed by atoms with Gasteiger partial charge in [-0.05, 0) is 54.8 Å². The summed E-state index contributed by atoms with van der Waals surface area (Å²) in [7, 11) is 12.2. The summed E-state index contributed by atoms with van der Waals surface area (Å²) >= 11 is 0. The highest BCUT2D eigenvalue weighted by molar-refractivity contribution is 6.00. The van der Waals surface area contributed by atoms with E-state index in [0.29, 0.717) is 42.3 Å². The van der Waals surface area contributed by atoms with Gasteiger partial charge in [-0.25, -0.2) is 19.2 Å². The van der Waals surface area contributed by atoms with Crippen LogP contribution in [0.15, 0.2) is 48.5 Å². The van der Waals surface area contributed by atoms with Crippen LogP contribution < -0.4 is 18.9 Å². The van der Waals surface area contributed by atoms with Crippen LogP contribution in [0.25, 0.3) is 21.5 Å². The molecule has 348 valence electrons. The van der Waals surface area contributed by atoms with Crippen LogP contribution in [-0.4, -0.2) is 103 Å². The third kappa shape index (κ3) is 3.81. The number of carbonyl (C=O) groups excluding carboxylic acids is 4. The van der Waals surface area contributed by atoms with E-state index in [2.05, 4.69) is 0 Å². The quantitative estimate of drug-likeness (QED) is 0.145. The van der Waals surface area contributed by atoms with Crippen LogP contribution in [0.4, 0.5) is 0 Å². The van der Waals surface area contributed by atoms with Gasteiger partial charge >= 0.3 is 23.9 Å². The van der Waals surface area contributed by atoms with Crippen molar-refractivity contribution in [1.29, 1.82) is 0 Å². The Morgan fingerprint density at radius 3 is 0.836 bits per heavy atom. The first-order valence-corrected chi connectivity index (χ1v) is 23.6. The number of carbonyl (C=O) groups is 4. The number of ether oxygens (including phenoxy) is 10. The van der Waals surface area contributed by atoms with Crippen LogP contribution in [0.1, 0.15) is 65.2 Å². The largest absolute Gasteiger partial charge is 0.496 e. The minimum absolute atomic E-state index is 0.282. The van der Waals surface area contributed by atoms with Gasteiger partial charge in [0.05, 0.1) is 56.9 Å². The number of benzene rings is 4. The molecule has 10 bridgehead atoms. The topological polar surface area (TPSA) is 161 Å². The normalized spacial score (nSPS) is 42.5. The van der Waals surface area contributed by atoms with Crippen LogP contribution in [-0.2, 0) is 47.6 Å². The average Bonchev–Trinajstić information content (AvgIpc) is 4.24. The summed E-state index contributed by atoms with van der Waals surface area (Å²) in [4.78, 5) is 61.2. The van der Waals surface area contributed by atoms with E-state index in [1.54, 1.807) is 28.4 Å². The van der Waals surface area contributed by atoms with Gasteiger partial charge in [0.25, 0.3) is 0 Å². The van der Waals surface area contributed by atoms with Crippen LogP contribution in [0.2, 0.25) is 0 Å². The Labute approximate surface area is 386 Å². The van der Waals surface area contributed by atoms with Crippen molar-refractivity contribution < 1.29 is 66.5 Å². The van der Waals surface area contributed by atoms with Crippen molar-refractivity contribution in [3.63, 3.8) is 0 Å². The molecule has 0 N–H and O–H groups in total. The molecule has 0 radical (unpaired) electrons. The van der Waals surface area contributed by atoms with Crippen LogP contribution >= 0.6 is 0 Å². The van der Waals surface area contributed by atoms with Crippen molar-refractivity contribution in [3.8, 4) is 23.0 Å². The van der Waals surface area contributed by atoms with E-state index in [9.17, 15) is 0 Å². The number of methoxy groups -OCH3 is 8. The molecule has 4 aliphatic heterocycles. The first-order chi connectivity index (χ1) is 32.5. The zero-order valence-corrected chi connectivity index (χ0v) is 38.5. The zero-order valence-electron chi connectivity index (χ0n) is 38.5. The van der Waals surface area contributed by atoms with Gasteiger partial charge in [-0.3, -0.25) is 0 Å². The van der Waals surface area contributed by atoms with Gasteiger partial charge in [0, 0.05) is 91.1 Å². The number of hydrogen-bond acceptors (Lipinski definition) is 14. The van der Waals surface area contributed by atoms with E-state index >= 15 is 19.2 Å². The molecule has 0 amide bonds. The Balaban J connectivity index is 1.01. The fourth-order valence-corrected chi connectivity index (χ4v) is 19.4. The predicted octanol–water partition coefficient (Wildman–Crippen LogP) is 6.21. The molecule has 14 nitrogen and oxygen atoms in total. The van der Waals surface area contributed by atoms with Crippen molar-refractivity contribution in [1.82, 2.24) is 0 Å². The van der Waals surface area contributed by atoms with Crippen LogP contribution in [0.5, 0.6) is 23.0 Å². The summed E-state index contributed by atoms with van der Waals surface area (Å²) < 4.78 is 63.7. The Morgan fingerprint density at radius 2 is 0.627 bits per heavy atom. The van der Waals surface area contributed by atoms with Crippen molar-refractivity contribution in [2.24, 2.45) is 59.2 Å². The van der Waals surface area contributed by atoms with Crippen molar-refractivity contribution >= 4 is 45.4 Å². The van der Waals surface area contributed by atoms with Crippen molar-refractivity contribution in [2.45, 2.75) is 65.3 Å². The highest BCUT2D eigenvalue weighted by Crippen LogP contribution is 2.89. The summed E-state index contributed by atoms with van der Waals surface area (Å²) in [5.41, 5.74) is -2.67. The van der Waals surface area contributed by atoms with Gasteiger partial charge in [-0.1, -0.05) is 48.5 Å². The Kier molecular flexibility index (Phi) is 7.69. The standard InChI is InChI=1S/C53H52O14/c1-58-42-20-13-9-10-14-21(20)43(59-2)31-25-17-24(30(31)42)34-35(25)51(47(55)63-6)39-29-19-28(38(39)50(34,66-51)46(54)62-5)40-41(29)53(49(57)65-8)37-27-18-26(36(37)52(40,67-53)48(56)64-7)32-33(27)45(61-4)23-16-12-11-15-22(23)44(32)60-3/h9-16,24-29,34-41H,17-19H2,1-8H3/t24-,25+,26+,27-,28?,29?,34-,35+,36+,37-,38+,39-,40-,41+,50-,51+,52+,53-. The number of esters is 4. The molecule has 4 aromatic rings. The minimum atomic E-state index is -1.63. The summed E-state index contributed by atoms with van der Waals surface area (Å²) in [6.45, 7) is 0. The van der Waals surface area contributed by atoms with E-state index in [4.69, 9.17) is 47.4 Å². The Morgan fingerprint density at radius 1 is 0.388 bits per heavy atom. The first kappa shape index (κ1) is 40.5. The number of fused-ring (bicyclic) bond motifs is 38. The first-order valence-electron chi connectivity index (χ1n) is 23.6. The molecule has 6 aliphatic carbocycles. The van der Waals surface area contributed by atoms with Crippen molar-refractivity contribution in [3.05, 3.63) is 70.8 Å². The lowest BCUT2D eigenvalue weighted by Gasteiger charge is -2.56. The molecular weight excluding hydrogens is 861 g/mol. The van der Waals surface area contributed by atoms with Gasteiger partial charge < -0.3 is 47.4 Å². The molecule has 4 aromatic carbocycles. The van der Waals surface area contributed by atoms with Gasteiger partial charge in [0.1, 0.15) is 23.0 Å². The summed E-state index contributed by atoms with van der Waals surface area (Å²) in [6, 6.07) is 15.9. The second-order valence-electron chi connectivity index (χ2n) is 20.9. The smallest absolute Gasteiger partial charge is 0.338 e. The maximum Gasteiger partial charge on any atom is 0.338 e. The lowest BCUT2D eigenvalue weighted by Crippen LogP contribution is -2.67. The molecule has 4 saturated heterocycles. The molecule has 4 heterocycles. The third-order valence-electron chi connectivity index (χ3n) is 20.0. The maximum atomic E-state index is 15.3. The molecule has 4 saturated carbocycles. The lowest BCUT2D eigenvalue weighted by molar-refractivity contribution is -0.192. The maximum absolute atomic E-state index is 15.3. The molecule has 18 atom stereocenters. The zero-order chi connectivity index (χ0) is 46.2. The van der Waals surface area contributed by atoms with E-state index in [-0.39, 0.29) is 23.7 Å². The minimum Gasteiger partial charge on any atom is -0.496 e. The molecule has 0 aromatic heterocycles. The Hall–Kier alpha value is -5.60. The molecule has 0 spiro atoms. The SMILES string of the molecule is COC(=O)[C@@]12O[C@@](C(=O)OC)([C@@H]3[C@H]1[C@@H]1C[C@H]3c3c1c(OC)c1ccccc1c3OC)[C@@H]1C3CC([C@@H]4[C@H]3[C@]3(C(=O)OC)O[C@@]4(C(=O)OC)[C@@H]4[C@H]3[C@@H]3C[C@H]4c4c3c(OC)c3ccccc3c4OC)[C@@H]12. The number of rotatable bonds is 8. The van der Waals surface area contributed by atoms with E-state index in [0.717, 1.165) is 43.8 Å². The second-order valence-corrected chi connectivity index (χ2v) is 20.9. The fourth-order valence-electron chi connectivity index (χ4n) is 19.4. The van der Waals surface area contributed by atoms with Crippen LogP contribution in [0, 0.1) is 59.2 Å². The van der Waals surface area contributed by atoms with Gasteiger partial charge in [0.2, 0.25) is 0 Å². The second kappa shape index (κ2) is 12.7.